The molecule has 1 N–H and O–H groups in total. The van der Waals surface area contributed by atoms with Crippen LogP contribution in [0.15, 0.2) is 11.1 Å². The van der Waals surface area contributed by atoms with E-state index < -0.39 is 0 Å². The van der Waals surface area contributed by atoms with Crippen LogP contribution in [0.4, 0.5) is 0 Å². The molecule has 2 nitrogen and oxygen atoms in total. The van der Waals surface area contributed by atoms with Gasteiger partial charge in [-0.05, 0) is 26.3 Å². The van der Waals surface area contributed by atoms with Gasteiger partial charge in [0.15, 0.2) is 0 Å². The topological polar surface area (TPSA) is 15.3 Å². The maximum atomic E-state index is 5.66. The molecule has 0 aromatic heterocycles. The van der Waals surface area contributed by atoms with Crippen molar-refractivity contribution >= 4 is 11.6 Å². The van der Waals surface area contributed by atoms with Crippen LogP contribution in [-0.2, 0) is 0 Å². The van der Waals surface area contributed by atoms with Crippen molar-refractivity contribution in [1.82, 2.24) is 10.2 Å². The van der Waals surface area contributed by atoms with Crippen LogP contribution in [0.5, 0.6) is 0 Å². The number of hydrogen-bond acceptors (Lipinski definition) is 2. The lowest BCUT2D eigenvalue weighted by molar-refractivity contribution is 0.102. The van der Waals surface area contributed by atoms with E-state index in [1.165, 1.54) is 5.57 Å². The first-order chi connectivity index (χ1) is 6.06. The molecule has 0 saturated carbocycles. The molecule has 1 rings (SSSR count). The van der Waals surface area contributed by atoms with Crippen molar-refractivity contribution in [3.63, 3.8) is 0 Å². The Morgan fingerprint density at radius 3 is 2.85 bits per heavy atom. The van der Waals surface area contributed by atoms with Gasteiger partial charge in [-0.2, -0.15) is 0 Å². The highest BCUT2D eigenvalue weighted by Crippen LogP contribution is 2.17. The fourth-order valence-corrected chi connectivity index (χ4v) is 1.72. The first kappa shape index (κ1) is 11.0. The molecule has 1 heterocycles. The van der Waals surface area contributed by atoms with Crippen LogP contribution in [-0.4, -0.2) is 36.6 Å². The molecule has 0 aliphatic carbocycles. The molecular formula is C10H19ClN2. The monoisotopic (exact) mass is 202 g/mol. The Balaban J connectivity index is 2.56. The number of nitrogens with zero attached hydrogens (tertiary/aromatic N) is 1. The summed E-state index contributed by atoms with van der Waals surface area (Å²) < 4.78 is 0. The zero-order valence-corrected chi connectivity index (χ0v) is 9.49. The Labute approximate surface area is 85.9 Å². The predicted molar refractivity (Wildman–Crippen MR) is 58.1 cm³/mol. The van der Waals surface area contributed by atoms with E-state index in [0.29, 0.717) is 0 Å². The molecule has 1 saturated heterocycles. The second-order valence-electron chi connectivity index (χ2n) is 4.37. The number of rotatable bonds is 2. The normalized spacial score (nSPS) is 24.8. The Hall–Kier alpha value is -0.0500. The van der Waals surface area contributed by atoms with E-state index in [9.17, 15) is 0 Å². The van der Waals surface area contributed by atoms with Crippen molar-refractivity contribution in [2.24, 2.45) is 0 Å². The molecule has 0 radical (unpaired) electrons. The first-order valence-electron chi connectivity index (χ1n) is 4.78. The van der Waals surface area contributed by atoms with Crippen LogP contribution in [0.1, 0.15) is 20.8 Å². The van der Waals surface area contributed by atoms with Crippen molar-refractivity contribution in [3.05, 3.63) is 11.1 Å². The molecule has 0 aromatic rings. The van der Waals surface area contributed by atoms with Crippen molar-refractivity contribution in [3.8, 4) is 0 Å². The molecule has 0 spiro atoms. The minimum Gasteiger partial charge on any atom is -0.314 e. The molecule has 1 aliphatic heterocycles. The molecule has 0 unspecified atom stereocenters. The molecule has 3 heteroatoms. The maximum Gasteiger partial charge on any atom is 0.0281 e. The smallest absolute Gasteiger partial charge is 0.0281 e. The summed E-state index contributed by atoms with van der Waals surface area (Å²) >= 11 is 5.66. The molecule has 0 atom stereocenters. The van der Waals surface area contributed by atoms with Crippen molar-refractivity contribution < 1.29 is 0 Å². The van der Waals surface area contributed by atoms with E-state index in [0.717, 1.165) is 26.2 Å². The highest BCUT2D eigenvalue weighted by molar-refractivity contribution is 6.25. The molecule has 13 heavy (non-hydrogen) atoms. The van der Waals surface area contributed by atoms with E-state index in [-0.39, 0.29) is 5.54 Å². The average molecular weight is 203 g/mol. The lowest BCUT2D eigenvalue weighted by Gasteiger charge is -2.43. The highest BCUT2D eigenvalue weighted by Gasteiger charge is 2.28. The summed E-state index contributed by atoms with van der Waals surface area (Å²) in [6.07, 6.45) is 0. The summed E-state index contributed by atoms with van der Waals surface area (Å²) in [4.78, 5) is 2.47. The maximum absolute atomic E-state index is 5.66. The minimum absolute atomic E-state index is 0.249. The van der Waals surface area contributed by atoms with Gasteiger partial charge >= 0.3 is 0 Å². The van der Waals surface area contributed by atoms with Crippen LogP contribution < -0.4 is 5.32 Å². The van der Waals surface area contributed by atoms with Gasteiger partial charge in [-0.25, -0.2) is 0 Å². The van der Waals surface area contributed by atoms with Crippen LogP contribution >= 0.6 is 11.6 Å². The molecule has 0 bridgehead atoms. The number of nitrogens with one attached hydrogen (secondary N) is 1. The molecule has 76 valence electrons. The Bertz CT molecular complexity index is 199. The molecule has 1 fully saturated rings. The summed E-state index contributed by atoms with van der Waals surface area (Å²) in [6, 6.07) is 0. The van der Waals surface area contributed by atoms with Crippen LogP contribution in [0.25, 0.3) is 0 Å². The first-order valence-corrected chi connectivity index (χ1v) is 5.21. The van der Waals surface area contributed by atoms with Gasteiger partial charge in [-0.3, -0.25) is 4.90 Å². The second-order valence-corrected chi connectivity index (χ2v) is 4.58. The van der Waals surface area contributed by atoms with Gasteiger partial charge in [0, 0.05) is 37.3 Å². The van der Waals surface area contributed by atoms with Crippen molar-refractivity contribution in [1.29, 1.82) is 0 Å². The van der Waals surface area contributed by atoms with Crippen LogP contribution in [0.3, 0.4) is 0 Å². The average Bonchev–Trinajstić information content (AvgIpc) is 2.08. The Morgan fingerprint density at radius 1 is 1.62 bits per heavy atom. The van der Waals surface area contributed by atoms with Gasteiger partial charge in [0.05, 0.1) is 0 Å². The molecule has 0 aromatic carbocycles. The van der Waals surface area contributed by atoms with E-state index in [1.807, 2.05) is 0 Å². The fourth-order valence-electron chi connectivity index (χ4n) is 1.65. The summed E-state index contributed by atoms with van der Waals surface area (Å²) in [5, 5.41) is 3.40. The third-order valence-corrected chi connectivity index (χ3v) is 2.97. The lowest BCUT2D eigenvalue weighted by atomic mass is 9.99. The molecule has 1 aliphatic rings. The zero-order chi connectivity index (χ0) is 9.90. The van der Waals surface area contributed by atoms with Gasteiger partial charge in [0.25, 0.3) is 0 Å². The predicted octanol–water partition coefficient (Wildman–Crippen LogP) is 1.81. The SMILES string of the molecule is CC(=CCl)CN1CCNCC1(C)C. The van der Waals surface area contributed by atoms with E-state index in [2.05, 4.69) is 31.0 Å². The Kier molecular flexibility index (Phi) is 3.77. The van der Waals surface area contributed by atoms with E-state index in [4.69, 9.17) is 11.6 Å². The largest absolute Gasteiger partial charge is 0.314 e. The highest BCUT2D eigenvalue weighted by atomic mass is 35.5. The molecular weight excluding hydrogens is 184 g/mol. The third kappa shape index (κ3) is 2.97. The Morgan fingerprint density at radius 2 is 2.31 bits per heavy atom. The van der Waals surface area contributed by atoms with Gasteiger partial charge in [0.1, 0.15) is 0 Å². The minimum atomic E-state index is 0.249. The summed E-state index contributed by atoms with van der Waals surface area (Å²) in [5.41, 5.74) is 3.16. The van der Waals surface area contributed by atoms with Gasteiger partial charge in [0.2, 0.25) is 0 Å². The second kappa shape index (κ2) is 4.45. The lowest BCUT2D eigenvalue weighted by Crippen LogP contribution is -2.58. The standard InChI is InChI=1S/C10H19ClN2/c1-9(6-11)7-13-5-4-12-8-10(13,2)3/h6,12H,4-5,7-8H2,1-3H3. The van der Waals surface area contributed by atoms with Crippen LogP contribution in [0, 0.1) is 0 Å². The van der Waals surface area contributed by atoms with Crippen molar-refractivity contribution in [2.75, 3.05) is 26.2 Å². The van der Waals surface area contributed by atoms with Gasteiger partial charge in [-0.1, -0.05) is 11.6 Å². The van der Waals surface area contributed by atoms with Crippen molar-refractivity contribution in [2.45, 2.75) is 26.3 Å². The van der Waals surface area contributed by atoms with Crippen LogP contribution in [0.2, 0.25) is 0 Å². The molecule has 0 amide bonds. The van der Waals surface area contributed by atoms with Gasteiger partial charge in [-0.15, -0.1) is 0 Å². The number of piperazine rings is 1. The fraction of sp³-hybridized carbons (Fsp3) is 0.800. The zero-order valence-electron chi connectivity index (χ0n) is 8.73. The number of halogens is 1. The summed E-state index contributed by atoms with van der Waals surface area (Å²) in [5.74, 6) is 0. The van der Waals surface area contributed by atoms with Gasteiger partial charge < -0.3 is 5.32 Å². The third-order valence-electron chi connectivity index (χ3n) is 2.60. The number of hydrogen-bond donors (Lipinski definition) is 1. The van der Waals surface area contributed by atoms with E-state index >= 15 is 0 Å². The summed E-state index contributed by atoms with van der Waals surface area (Å²) in [7, 11) is 0. The van der Waals surface area contributed by atoms with E-state index in [1.54, 1.807) is 5.54 Å². The summed E-state index contributed by atoms with van der Waals surface area (Å²) in [6.45, 7) is 10.8. The quantitative estimate of drug-likeness (QED) is 0.735.